The first-order valence-corrected chi connectivity index (χ1v) is 25.3. The van der Waals surface area contributed by atoms with Crippen LogP contribution in [0.5, 0.6) is 0 Å². The van der Waals surface area contributed by atoms with Gasteiger partial charge in [-0.1, -0.05) is 32.5 Å². The number of ketones is 2. The maximum absolute atomic E-state index is 12.7. The summed E-state index contributed by atoms with van der Waals surface area (Å²) in [5.41, 5.74) is 3.72. The van der Waals surface area contributed by atoms with Crippen molar-refractivity contribution in [2.45, 2.75) is 96.4 Å². The topological polar surface area (TPSA) is 398 Å². The Morgan fingerprint density at radius 2 is 1.75 bits per heavy atom. The highest BCUT2D eigenvalue weighted by Crippen LogP contribution is 2.61. The maximum Gasteiger partial charge on any atom is 0.481 e. The third kappa shape index (κ3) is 13.1. The Labute approximate surface area is 369 Å². The van der Waals surface area contributed by atoms with Gasteiger partial charge in [-0.25, -0.2) is 28.6 Å². The molecule has 10 atom stereocenters. The number of anilines is 1. The van der Waals surface area contributed by atoms with Crippen LogP contribution in [0.4, 0.5) is 5.82 Å². The second kappa shape index (κ2) is 20.8. The number of hydrogen-bond donors (Lipinski definition) is 9. The summed E-state index contributed by atoms with van der Waals surface area (Å²) in [6, 6.07) is 0. The number of fused-ring (bicyclic) bond motifs is 2. The van der Waals surface area contributed by atoms with E-state index in [9.17, 15) is 67.5 Å². The van der Waals surface area contributed by atoms with E-state index >= 15 is 0 Å². The van der Waals surface area contributed by atoms with Crippen molar-refractivity contribution in [1.82, 2.24) is 30.2 Å². The van der Waals surface area contributed by atoms with Gasteiger partial charge in [-0.3, -0.25) is 42.1 Å². The van der Waals surface area contributed by atoms with E-state index in [1.165, 1.54) is 13.8 Å². The molecular weight excluding hydrogens is 935 g/mol. The molecule has 358 valence electrons. The van der Waals surface area contributed by atoms with Gasteiger partial charge in [0, 0.05) is 61.3 Å². The number of nitrogens with two attached hydrogens (primary N) is 1. The van der Waals surface area contributed by atoms with Crippen LogP contribution in [-0.2, 0) is 60.3 Å². The van der Waals surface area contributed by atoms with Crippen LogP contribution in [0.1, 0.15) is 71.9 Å². The fraction of sp³-hybridized carbons (Fsp3) is 0.706. The Bertz CT molecular complexity index is 2230. The van der Waals surface area contributed by atoms with Crippen molar-refractivity contribution in [3.63, 3.8) is 0 Å². The Balaban J connectivity index is 1.01. The van der Waals surface area contributed by atoms with Crippen molar-refractivity contribution in [2.24, 2.45) is 22.7 Å². The molecule has 30 heteroatoms. The van der Waals surface area contributed by atoms with Crippen LogP contribution in [0.3, 0.4) is 0 Å². The molecule has 1 saturated heterocycles. The van der Waals surface area contributed by atoms with Gasteiger partial charge < -0.3 is 50.9 Å². The van der Waals surface area contributed by atoms with Crippen LogP contribution in [0.2, 0.25) is 0 Å². The van der Waals surface area contributed by atoms with Gasteiger partial charge in [0.15, 0.2) is 22.8 Å². The number of nitrogens with zero attached hydrogens (tertiary/aromatic N) is 4. The van der Waals surface area contributed by atoms with Crippen LogP contribution < -0.4 is 16.4 Å². The monoisotopic (exact) mass is 987 g/mol. The maximum atomic E-state index is 12.7. The number of aliphatic hydroxyl groups excluding tert-OH is 2. The van der Waals surface area contributed by atoms with Crippen LogP contribution in [0.25, 0.3) is 11.2 Å². The quantitative estimate of drug-likeness (QED) is 0.0570. The molecule has 0 radical (unpaired) electrons. The Morgan fingerprint density at radius 1 is 1.05 bits per heavy atom. The van der Waals surface area contributed by atoms with Crippen molar-refractivity contribution >= 4 is 80.7 Å². The van der Waals surface area contributed by atoms with E-state index in [1.54, 1.807) is 0 Å². The van der Waals surface area contributed by atoms with E-state index in [-0.39, 0.29) is 77.2 Å². The summed E-state index contributed by atoms with van der Waals surface area (Å²) in [6.07, 6.45) is -4.52. The number of phosphoric acid groups is 3. The first kappa shape index (κ1) is 51.9. The van der Waals surface area contributed by atoms with Crippen molar-refractivity contribution in [3.8, 4) is 0 Å². The fourth-order valence-electron chi connectivity index (χ4n) is 7.86. The lowest BCUT2D eigenvalue weighted by molar-refractivity contribution is -0.138. The number of aliphatic hydroxyl groups is 2. The summed E-state index contributed by atoms with van der Waals surface area (Å²) in [4.78, 5) is 114. The van der Waals surface area contributed by atoms with Gasteiger partial charge in [-0.15, -0.1) is 0 Å². The molecule has 3 fully saturated rings. The van der Waals surface area contributed by atoms with Crippen LogP contribution in [0.15, 0.2) is 12.7 Å². The molecule has 0 spiro atoms. The SMILES string of the molecule is CC(C)(COP(=O)(O)OP(=O)(O)OC[C@H]1O[C@@H](n2cnc3c(N)ncnc32)[C@H](O)[C@@H]1OP(=O)(O)O)C(O)C(=O)NCCC(=O)NCCSC(=O)CC[C@@H]1C(=O)CC[C@]2(C)C(=O)CCC12. The summed E-state index contributed by atoms with van der Waals surface area (Å²) in [7, 11) is -16.5. The minimum atomic E-state index is -5.60. The number of nitrogen functional groups attached to an aromatic ring is 1. The molecule has 0 aromatic carbocycles. The van der Waals surface area contributed by atoms with E-state index in [0.717, 1.165) is 29.0 Å². The smallest absolute Gasteiger partial charge is 0.386 e. The lowest BCUT2D eigenvalue weighted by Crippen LogP contribution is -2.46. The van der Waals surface area contributed by atoms with E-state index in [0.29, 0.717) is 32.1 Å². The summed E-state index contributed by atoms with van der Waals surface area (Å²) in [5.74, 6) is -1.36. The number of carbonyl (C=O) groups is 5. The van der Waals surface area contributed by atoms with Gasteiger partial charge in [0.25, 0.3) is 0 Å². The van der Waals surface area contributed by atoms with Crippen LogP contribution >= 0.6 is 35.2 Å². The molecule has 2 saturated carbocycles. The normalized spacial score (nSPS) is 27.5. The Kier molecular flexibility index (Phi) is 16.9. The molecule has 1 aliphatic heterocycles. The van der Waals surface area contributed by atoms with Gasteiger partial charge in [-0.2, -0.15) is 4.31 Å². The fourth-order valence-corrected chi connectivity index (χ4v) is 11.4. The molecule has 2 amide bonds. The highest BCUT2D eigenvalue weighted by atomic mass is 32.2. The minimum absolute atomic E-state index is 0.0219. The lowest BCUT2D eigenvalue weighted by Gasteiger charge is -2.39. The van der Waals surface area contributed by atoms with Gasteiger partial charge in [0.05, 0.1) is 19.5 Å². The highest BCUT2D eigenvalue weighted by molar-refractivity contribution is 8.13. The number of ether oxygens (including phenoxy) is 1. The molecule has 3 heterocycles. The number of aromatic nitrogens is 4. The number of amides is 2. The second-order valence-corrected chi connectivity index (χ2v) is 21.8. The molecular formula is C34H52N7O19P3S. The van der Waals surface area contributed by atoms with Gasteiger partial charge >= 0.3 is 23.5 Å². The number of rotatable bonds is 22. The largest absolute Gasteiger partial charge is 0.481 e. The number of imidazole rings is 1. The Morgan fingerprint density at radius 3 is 2.45 bits per heavy atom. The zero-order valence-corrected chi connectivity index (χ0v) is 38.3. The van der Waals surface area contributed by atoms with E-state index in [4.69, 9.17) is 19.5 Å². The summed E-state index contributed by atoms with van der Waals surface area (Å²) >= 11 is 1.01. The number of phosphoric ester groups is 3. The zero-order valence-electron chi connectivity index (χ0n) is 34.8. The number of carbonyl (C=O) groups excluding carboxylic acids is 5. The second-order valence-electron chi connectivity index (χ2n) is 16.4. The first-order valence-electron chi connectivity index (χ1n) is 19.8. The third-order valence-electron chi connectivity index (χ3n) is 11.4. The minimum Gasteiger partial charge on any atom is -0.386 e. The molecule has 2 aromatic rings. The summed E-state index contributed by atoms with van der Waals surface area (Å²) < 4.78 is 62.3. The summed E-state index contributed by atoms with van der Waals surface area (Å²) in [5, 5.41) is 26.3. The number of nitrogens with one attached hydrogen (secondary N) is 2. The van der Waals surface area contributed by atoms with Gasteiger partial charge in [0.2, 0.25) is 11.8 Å². The molecule has 10 N–H and O–H groups in total. The zero-order chi connectivity index (χ0) is 47.4. The standard InChI is InChI=1S/C34H52N7O19P3S/c1-33(2,28(47)31(48)37-11-9-23(44)36-12-13-64-24(45)7-4-18-19-5-6-22(43)34(19,3)10-8-20(18)42)15-57-63(54,55)60-62(52,53)56-14-21-27(59-61(49,50)51)26(46)32(58-21)41-17-40-25-29(35)38-16-39-30(25)41/h16-19,21,26-28,32,46-47H,4-15H2,1-3H3,(H,36,44)(H,37,48)(H,52,53)(H,54,55)(H2,35,38,39)(H2,49,50,51)/t18-,19?,21+,26+,27+,28?,32+,34-/m0/s1. The van der Waals surface area contributed by atoms with Crippen molar-refractivity contribution in [3.05, 3.63) is 12.7 Å². The predicted octanol–water partition coefficient (Wildman–Crippen LogP) is 0.409. The lowest BCUT2D eigenvalue weighted by atomic mass is 9.62. The van der Waals surface area contributed by atoms with Crippen LogP contribution in [0, 0.1) is 22.7 Å². The molecule has 4 unspecified atom stereocenters. The van der Waals surface area contributed by atoms with E-state index < -0.39 is 90.0 Å². The number of Topliss-reactive ketones (excluding diaryl/α,β-unsaturated/α-hetero) is 2. The van der Waals surface area contributed by atoms with E-state index in [2.05, 4.69) is 34.4 Å². The number of hydrogen-bond acceptors (Lipinski definition) is 20. The van der Waals surface area contributed by atoms with Crippen molar-refractivity contribution < 1.29 is 90.1 Å². The predicted molar refractivity (Wildman–Crippen MR) is 220 cm³/mol. The third-order valence-corrected chi connectivity index (χ3v) is 15.4. The van der Waals surface area contributed by atoms with Crippen LogP contribution in [-0.4, -0.2) is 134 Å². The van der Waals surface area contributed by atoms with Gasteiger partial charge in [0.1, 0.15) is 47.8 Å². The highest BCUT2D eigenvalue weighted by Gasteiger charge is 2.54. The first-order chi connectivity index (χ1) is 29.7. The molecule has 5 rings (SSSR count). The van der Waals surface area contributed by atoms with Gasteiger partial charge in [-0.05, 0) is 25.2 Å². The molecule has 26 nitrogen and oxygen atoms in total. The number of thioether (sulfide) groups is 1. The average Bonchev–Trinajstić information content (AvgIpc) is 3.86. The summed E-state index contributed by atoms with van der Waals surface area (Å²) in [6.45, 7) is 2.23. The molecule has 2 aliphatic carbocycles. The average molecular weight is 988 g/mol. The Hall–Kier alpha value is -3.10. The molecule has 64 heavy (non-hydrogen) atoms. The van der Waals surface area contributed by atoms with Crippen molar-refractivity contribution in [1.29, 1.82) is 0 Å². The van der Waals surface area contributed by atoms with E-state index in [1.807, 2.05) is 6.92 Å². The van der Waals surface area contributed by atoms with Crippen molar-refractivity contribution in [2.75, 3.05) is 37.8 Å². The molecule has 0 bridgehead atoms. The molecule has 2 aromatic heterocycles. The molecule has 3 aliphatic rings.